The molecule has 0 spiro atoms. The zero-order chi connectivity index (χ0) is 20.3. The largest absolute Gasteiger partial charge is 0.494 e. The fourth-order valence-corrected chi connectivity index (χ4v) is 4.11. The molecule has 0 saturated carbocycles. The molecule has 0 aliphatic carbocycles. The van der Waals surface area contributed by atoms with Crippen molar-refractivity contribution in [3.63, 3.8) is 0 Å². The Morgan fingerprint density at radius 2 is 1.60 bits per heavy atom. The van der Waals surface area contributed by atoms with Crippen molar-refractivity contribution in [3.8, 4) is 16.9 Å². The average molecular weight is 396 g/mol. The molecule has 2 atom stereocenters. The van der Waals surface area contributed by atoms with E-state index in [0.29, 0.717) is 6.61 Å². The summed E-state index contributed by atoms with van der Waals surface area (Å²) in [5, 5.41) is 8.02. The van der Waals surface area contributed by atoms with Crippen LogP contribution in [0.15, 0.2) is 85.2 Å². The van der Waals surface area contributed by atoms with Crippen molar-refractivity contribution in [3.05, 3.63) is 96.3 Å². The van der Waals surface area contributed by atoms with Crippen molar-refractivity contribution >= 4 is 5.95 Å². The number of anilines is 1. The fraction of sp³-hybridized carbons (Fsp3) is 0.200. The molecule has 1 aliphatic heterocycles. The topological polar surface area (TPSA) is 52.0 Å². The quantitative estimate of drug-likeness (QED) is 0.485. The first kappa shape index (κ1) is 18.4. The van der Waals surface area contributed by atoms with Gasteiger partial charge in [0.25, 0.3) is 0 Å². The fourth-order valence-electron chi connectivity index (χ4n) is 4.11. The standard InChI is InChI=1S/C25H24N4O/c1-2-30-22-14-12-21(13-15-22)24-16-23(28-25-26-17-27-29(24)25)20-10-8-19(9-11-20)18-6-4-3-5-7-18/h3-15,17,23-24H,2,16H2,1H3,(H,26,27,28). The summed E-state index contributed by atoms with van der Waals surface area (Å²) >= 11 is 0. The molecule has 0 amide bonds. The van der Waals surface area contributed by atoms with E-state index in [2.05, 4.69) is 76.1 Å². The Morgan fingerprint density at radius 3 is 2.33 bits per heavy atom. The highest BCUT2D eigenvalue weighted by atomic mass is 16.5. The molecule has 3 aromatic carbocycles. The van der Waals surface area contributed by atoms with Gasteiger partial charge in [0.2, 0.25) is 5.95 Å². The van der Waals surface area contributed by atoms with Crippen molar-refractivity contribution in [2.75, 3.05) is 11.9 Å². The van der Waals surface area contributed by atoms with Crippen LogP contribution in [-0.4, -0.2) is 21.4 Å². The van der Waals surface area contributed by atoms with Gasteiger partial charge in [-0.25, -0.2) is 4.68 Å². The maximum Gasteiger partial charge on any atom is 0.222 e. The molecule has 1 N–H and O–H groups in total. The number of hydrogen-bond donors (Lipinski definition) is 1. The number of benzene rings is 3. The predicted molar refractivity (Wildman–Crippen MR) is 119 cm³/mol. The van der Waals surface area contributed by atoms with E-state index < -0.39 is 0 Å². The molecule has 0 bridgehead atoms. The second-order valence-electron chi connectivity index (χ2n) is 7.47. The van der Waals surface area contributed by atoms with Crippen LogP contribution in [0.4, 0.5) is 5.95 Å². The number of nitrogens with zero attached hydrogens (tertiary/aromatic N) is 3. The Hall–Kier alpha value is -3.60. The Kier molecular flexibility index (Phi) is 4.93. The number of aromatic nitrogens is 3. The molecule has 1 aromatic heterocycles. The van der Waals surface area contributed by atoms with Gasteiger partial charge in [0.15, 0.2) is 0 Å². The molecule has 5 rings (SSSR count). The molecule has 1 aliphatic rings. The first-order valence-electron chi connectivity index (χ1n) is 10.4. The van der Waals surface area contributed by atoms with Gasteiger partial charge >= 0.3 is 0 Å². The van der Waals surface area contributed by atoms with E-state index in [0.717, 1.165) is 18.1 Å². The minimum Gasteiger partial charge on any atom is -0.494 e. The van der Waals surface area contributed by atoms with Crippen molar-refractivity contribution in [1.29, 1.82) is 0 Å². The third-order valence-electron chi connectivity index (χ3n) is 5.63. The number of hydrogen-bond acceptors (Lipinski definition) is 4. The molecular formula is C25H24N4O. The Morgan fingerprint density at radius 1 is 0.900 bits per heavy atom. The molecule has 2 heterocycles. The van der Waals surface area contributed by atoms with E-state index in [4.69, 9.17) is 4.74 Å². The van der Waals surface area contributed by atoms with E-state index in [1.807, 2.05) is 29.8 Å². The van der Waals surface area contributed by atoms with E-state index in [1.54, 1.807) is 6.33 Å². The Labute approximate surface area is 176 Å². The monoisotopic (exact) mass is 396 g/mol. The molecule has 2 unspecified atom stereocenters. The highest BCUT2D eigenvalue weighted by molar-refractivity contribution is 5.63. The van der Waals surface area contributed by atoms with Crippen LogP contribution in [0.3, 0.4) is 0 Å². The van der Waals surface area contributed by atoms with Gasteiger partial charge in [-0.2, -0.15) is 10.1 Å². The number of rotatable bonds is 5. The van der Waals surface area contributed by atoms with Crippen LogP contribution in [0.1, 0.15) is 36.6 Å². The SMILES string of the molecule is CCOc1ccc(C2CC(c3ccc(-c4ccccc4)cc3)Nc3ncnn32)cc1. The zero-order valence-corrected chi connectivity index (χ0v) is 16.9. The second-order valence-corrected chi connectivity index (χ2v) is 7.47. The first-order valence-corrected chi connectivity index (χ1v) is 10.4. The van der Waals surface area contributed by atoms with E-state index >= 15 is 0 Å². The zero-order valence-electron chi connectivity index (χ0n) is 16.9. The van der Waals surface area contributed by atoms with Crippen LogP contribution < -0.4 is 10.1 Å². The number of ether oxygens (including phenoxy) is 1. The normalized spacial score (nSPS) is 17.8. The lowest BCUT2D eigenvalue weighted by Gasteiger charge is -2.32. The van der Waals surface area contributed by atoms with Crippen LogP contribution in [-0.2, 0) is 0 Å². The van der Waals surface area contributed by atoms with Gasteiger partial charge in [0.05, 0.1) is 18.7 Å². The second kappa shape index (κ2) is 8.03. The summed E-state index contributed by atoms with van der Waals surface area (Å²) < 4.78 is 7.57. The first-order chi connectivity index (χ1) is 14.8. The summed E-state index contributed by atoms with van der Waals surface area (Å²) in [5.41, 5.74) is 4.91. The summed E-state index contributed by atoms with van der Waals surface area (Å²) in [6.07, 6.45) is 2.51. The maximum absolute atomic E-state index is 5.59. The highest BCUT2D eigenvalue weighted by Gasteiger charge is 2.29. The van der Waals surface area contributed by atoms with Crippen LogP contribution in [0.2, 0.25) is 0 Å². The van der Waals surface area contributed by atoms with E-state index in [1.165, 1.54) is 22.3 Å². The minimum absolute atomic E-state index is 0.123. The van der Waals surface area contributed by atoms with E-state index in [-0.39, 0.29) is 12.1 Å². The number of nitrogens with one attached hydrogen (secondary N) is 1. The van der Waals surface area contributed by atoms with Gasteiger partial charge in [0, 0.05) is 0 Å². The lowest BCUT2D eigenvalue weighted by Crippen LogP contribution is -2.28. The van der Waals surface area contributed by atoms with Gasteiger partial charge in [-0.3, -0.25) is 0 Å². The molecule has 0 radical (unpaired) electrons. The van der Waals surface area contributed by atoms with Gasteiger partial charge in [-0.1, -0.05) is 66.7 Å². The van der Waals surface area contributed by atoms with Crippen molar-refractivity contribution in [1.82, 2.24) is 14.8 Å². The lowest BCUT2D eigenvalue weighted by molar-refractivity contribution is 0.340. The van der Waals surface area contributed by atoms with Gasteiger partial charge < -0.3 is 10.1 Å². The molecular weight excluding hydrogens is 372 g/mol. The molecule has 150 valence electrons. The molecule has 4 aromatic rings. The van der Waals surface area contributed by atoms with E-state index in [9.17, 15) is 0 Å². The molecule has 0 saturated heterocycles. The third-order valence-corrected chi connectivity index (χ3v) is 5.63. The summed E-state index contributed by atoms with van der Waals surface area (Å²) in [6.45, 7) is 2.66. The van der Waals surface area contributed by atoms with Crippen LogP contribution in [0.25, 0.3) is 11.1 Å². The Balaban J connectivity index is 1.42. The summed E-state index contributed by atoms with van der Waals surface area (Å²) in [7, 11) is 0. The summed E-state index contributed by atoms with van der Waals surface area (Å²) in [4.78, 5) is 4.44. The molecule has 0 fully saturated rings. The molecule has 5 heteroatoms. The Bertz CT molecular complexity index is 1100. The van der Waals surface area contributed by atoms with Crippen molar-refractivity contribution < 1.29 is 4.74 Å². The van der Waals surface area contributed by atoms with Crippen molar-refractivity contribution in [2.24, 2.45) is 0 Å². The summed E-state index contributed by atoms with van der Waals surface area (Å²) in [6, 6.07) is 27.9. The van der Waals surface area contributed by atoms with Crippen LogP contribution in [0, 0.1) is 0 Å². The van der Waals surface area contributed by atoms with Gasteiger partial charge in [-0.05, 0) is 47.7 Å². The third kappa shape index (κ3) is 3.54. The van der Waals surface area contributed by atoms with Crippen molar-refractivity contribution in [2.45, 2.75) is 25.4 Å². The van der Waals surface area contributed by atoms with Crippen LogP contribution in [0.5, 0.6) is 5.75 Å². The highest BCUT2D eigenvalue weighted by Crippen LogP contribution is 2.38. The average Bonchev–Trinajstić information content (AvgIpc) is 3.29. The minimum atomic E-state index is 0.123. The van der Waals surface area contributed by atoms with Gasteiger partial charge in [0.1, 0.15) is 12.1 Å². The summed E-state index contributed by atoms with van der Waals surface area (Å²) in [5.74, 6) is 1.69. The molecule has 30 heavy (non-hydrogen) atoms. The predicted octanol–water partition coefficient (Wildman–Crippen LogP) is 5.49. The number of fused-ring (bicyclic) bond motifs is 1. The molecule has 5 nitrogen and oxygen atoms in total. The lowest BCUT2D eigenvalue weighted by atomic mass is 9.92. The maximum atomic E-state index is 5.59. The van der Waals surface area contributed by atoms with Gasteiger partial charge in [-0.15, -0.1) is 0 Å². The smallest absolute Gasteiger partial charge is 0.222 e. The van der Waals surface area contributed by atoms with Crippen LogP contribution >= 0.6 is 0 Å².